The van der Waals surface area contributed by atoms with Gasteiger partial charge in [-0.15, -0.1) is 0 Å². The molecule has 38 heavy (non-hydrogen) atoms. The maximum absolute atomic E-state index is 14.6. The number of carbonyl (C=O) groups is 1. The van der Waals surface area contributed by atoms with Crippen LogP contribution >= 0.6 is 0 Å². The molecule has 202 valence electrons. The van der Waals surface area contributed by atoms with Crippen LogP contribution in [-0.4, -0.2) is 28.6 Å². The number of amides is 1. The van der Waals surface area contributed by atoms with Crippen LogP contribution in [0.4, 0.5) is 23.4 Å². The van der Waals surface area contributed by atoms with Crippen LogP contribution in [0.5, 0.6) is 0 Å². The quantitative estimate of drug-likeness (QED) is 0.311. The van der Waals surface area contributed by atoms with Gasteiger partial charge in [0.15, 0.2) is 0 Å². The lowest BCUT2D eigenvalue weighted by Gasteiger charge is -2.23. The Morgan fingerprint density at radius 3 is 2.42 bits per heavy atom. The second-order valence-corrected chi connectivity index (χ2v) is 9.52. The molecule has 1 aliphatic heterocycles. The zero-order valence-electron chi connectivity index (χ0n) is 21.3. The first kappa shape index (κ1) is 28.4. The number of anilines is 1. The van der Waals surface area contributed by atoms with E-state index in [9.17, 15) is 17.6 Å². The molecule has 2 aromatic carbocycles. The molecule has 1 aromatic heterocycles. The van der Waals surface area contributed by atoms with Crippen LogP contribution in [0, 0.1) is 5.82 Å². The third-order valence-electron chi connectivity index (χ3n) is 5.58. The lowest BCUT2D eigenvalue weighted by atomic mass is 9.98. The molecule has 0 bridgehead atoms. The van der Waals surface area contributed by atoms with Crippen molar-refractivity contribution >= 4 is 18.1 Å². The molecule has 4 rings (SSSR count). The average Bonchev–Trinajstić information content (AvgIpc) is 3.27. The molecule has 0 unspecified atom stereocenters. The Balaban J connectivity index is 0.00000127. The summed E-state index contributed by atoms with van der Waals surface area (Å²) < 4.78 is 55.8. The third kappa shape index (κ3) is 7.44. The van der Waals surface area contributed by atoms with E-state index in [0.29, 0.717) is 36.1 Å². The van der Waals surface area contributed by atoms with Crippen LogP contribution in [-0.2, 0) is 29.4 Å². The van der Waals surface area contributed by atoms with Gasteiger partial charge in [-0.05, 0) is 74.6 Å². The second-order valence-electron chi connectivity index (χ2n) is 9.52. The molecule has 4 N–H and O–H groups in total. The molecule has 1 amide bonds. The van der Waals surface area contributed by atoms with E-state index >= 15 is 0 Å². The van der Waals surface area contributed by atoms with Gasteiger partial charge >= 0.3 is 6.18 Å². The van der Waals surface area contributed by atoms with Crippen molar-refractivity contribution < 1.29 is 22.4 Å². The predicted octanol–water partition coefficient (Wildman–Crippen LogP) is 5.23. The van der Waals surface area contributed by atoms with Crippen molar-refractivity contribution in [2.75, 3.05) is 11.9 Å². The smallest absolute Gasteiger partial charge is 0.382 e. The van der Waals surface area contributed by atoms with E-state index < -0.39 is 17.6 Å². The maximum Gasteiger partial charge on any atom is 0.416 e. The second kappa shape index (κ2) is 11.9. The highest BCUT2D eigenvalue weighted by molar-refractivity contribution is 5.97. The van der Waals surface area contributed by atoms with Gasteiger partial charge in [0.05, 0.1) is 23.3 Å². The number of aliphatic imine (C=N–C) groups is 1. The Morgan fingerprint density at radius 1 is 1.08 bits per heavy atom. The standard InChI is InChI=1S/C26H27F4N5.CH3NO/c1-25(2,3)35-24(33-23-16-31-11-12-32-23)15-21(34-35)9-7-19-13-18(8-10-22(19)27)17-5-4-6-20(14-17)26(28,29)30;2-1-3/h4-6,8,10-15,31H,7,9,16H2,1-3H3,(H,32,33);1H,(H2,2,3). The molecular weight excluding hydrogens is 500 g/mol. The number of rotatable bonds is 5. The summed E-state index contributed by atoms with van der Waals surface area (Å²) in [5.41, 5.74) is 5.25. The largest absolute Gasteiger partial charge is 0.416 e. The number of nitrogens with zero attached hydrogens (tertiary/aromatic N) is 3. The molecule has 0 atom stereocenters. The Hall–Kier alpha value is -4.15. The molecule has 0 fully saturated rings. The summed E-state index contributed by atoms with van der Waals surface area (Å²) in [6.45, 7) is 6.67. The first-order valence-corrected chi connectivity index (χ1v) is 11.9. The van der Waals surface area contributed by atoms with Gasteiger partial charge in [-0.25, -0.2) is 14.1 Å². The van der Waals surface area contributed by atoms with E-state index in [-0.39, 0.29) is 11.9 Å². The minimum atomic E-state index is -4.44. The van der Waals surface area contributed by atoms with Gasteiger partial charge in [0.25, 0.3) is 0 Å². The molecule has 0 saturated heterocycles. The SMILES string of the molecule is CC(C)(C)n1nc(CCc2cc(-c3cccc(C(F)(F)F)c3)ccc2F)cc1NC1=NC=CNC1.NC=O. The lowest BCUT2D eigenvalue weighted by molar-refractivity contribution is -0.137. The van der Waals surface area contributed by atoms with Gasteiger partial charge in [0, 0.05) is 18.5 Å². The minimum Gasteiger partial charge on any atom is -0.382 e. The van der Waals surface area contributed by atoms with Crippen LogP contribution in [0.2, 0.25) is 0 Å². The van der Waals surface area contributed by atoms with Gasteiger partial charge in [0.2, 0.25) is 6.41 Å². The number of halogens is 4. The van der Waals surface area contributed by atoms with Crippen LogP contribution in [0.1, 0.15) is 37.6 Å². The molecule has 3 aromatic rings. The van der Waals surface area contributed by atoms with Gasteiger partial charge in [-0.2, -0.15) is 18.3 Å². The van der Waals surface area contributed by atoms with Crippen LogP contribution in [0.15, 0.2) is 65.9 Å². The molecule has 11 heteroatoms. The van der Waals surface area contributed by atoms with Gasteiger partial charge in [-0.3, -0.25) is 4.79 Å². The number of hydrogen-bond donors (Lipinski definition) is 3. The number of alkyl halides is 3. The van der Waals surface area contributed by atoms with Gasteiger partial charge in [0.1, 0.15) is 17.5 Å². The summed E-state index contributed by atoms with van der Waals surface area (Å²) in [4.78, 5) is 12.9. The number of amidine groups is 1. The summed E-state index contributed by atoms with van der Waals surface area (Å²) in [5, 5.41) is 11.1. The highest BCUT2D eigenvalue weighted by Crippen LogP contribution is 2.33. The van der Waals surface area contributed by atoms with Crippen molar-refractivity contribution in [3.63, 3.8) is 0 Å². The predicted molar refractivity (Wildman–Crippen MR) is 140 cm³/mol. The average molecular weight is 531 g/mol. The summed E-state index contributed by atoms with van der Waals surface area (Å²) in [6, 6.07) is 11.4. The normalized spacial score (nSPS) is 13.2. The van der Waals surface area contributed by atoms with Crippen molar-refractivity contribution in [2.45, 2.75) is 45.3 Å². The maximum atomic E-state index is 14.6. The fraction of sp³-hybridized carbons (Fsp3) is 0.296. The number of nitrogens with one attached hydrogen (secondary N) is 2. The van der Waals surface area contributed by atoms with Gasteiger partial charge in [-0.1, -0.05) is 18.2 Å². The number of aryl methyl sites for hydroxylation is 2. The third-order valence-corrected chi connectivity index (χ3v) is 5.58. The fourth-order valence-corrected chi connectivity index (χ4v) is 3.84. The molecule has 1 aliphatic rings. The number of primary amides is 1. The number of benzene rings is 2. The van der Waals surface area contributed by atoms with E-state index in [1.807, 2.05) is 31.5 Å². The molecule has 7 nitrogen and oxygen atoms in total. The lowest BCUT2D eigenvalue weighted by Crippen LogP contribution is -2.31. The summed E-state index contributed by atoms with van der Waals surface area (Å²) in [7, 11) is 0. The van der Waals surface area contributed by atoms with Crippen LogP contribution in [0.25, 0.3) is 11.1 Å². The summed E-state index contributed by atoms with van der Waals surface area (Å²) in [6.07, 6.45) is 0.0618. The summed E-state index contributed by atoms with van der Waals surface area (Å²) >= 11 is 0. The van der Waals surface area contributed by atoms with E-state index in [0.717, 1.165) is 29.5 Å². The number of aromatic nitrogens is 2. The minimum absolute atomic E-state index is 0.250. The van der Waals surface area contributed by atoms with E-state index in [4.69, 9.17) is 9.89 Å². The Labute approximate surface area is 218 Å². The fourth-order valence-electron chi connectivity index (χ4n) is 3.84. The number of carbonyl (C=O) groups excluding carboxylic acids is 1. The van der Waals surface area contributed by atoms with Crippen molar-refractivity contribution in [1.29, 1.82) is 0 Å². The van der Waals surface area contributed by atoms with E-state index in [1.54, 1.807) is 24.5 Å². The highest BCUT2D eigenvalue weighted by atomic mass is 19.4. The van der Waals surface area contributed by atoms with E-state index in [2.05, 4.69) is 21.4 Å². The monoisotopic (exact) mass is 530 g/mol. The zero-order valence-corrected chi connectivity index (χ0v) is 21.3. The molecular formula is C27H30F4N6O. The first-order valence-electron chi connectivity index (χ1n) is 11.9. The number of nitrogens with two attached hydrogens (primary N) is 1. The molecule has 2 heterocycles. The molecule has 0 spiro atoms. The summed E-state index contributed by atoms with van der Waals surface area (Å²) in [5.74, 6) is 1.13. The molecule has 0 saturated carbocycles. The molecule has 0 aliphatic carbocycles. The number of hydrogen-bond acceptors (Lipinski definition) is 5. The zero-order chi connectivity index (χ0) is 27.9. The first-order chi connectivity index (χ1) is 17.9. The van der Waals surface area contributed by atoms with Crippen molar-refractivity contribution in [3.05, 3.63) is 83.6 Å². The van der Waals surface area contributed by atoms with Crippen molar-refractivity contribution in [1.82, 2.24) is 15.1 Å². The highest BCUT2D eigenvalue weighted by Gasteiger charge is 2.30. The topological polar surface area (TPSA) is 97.3 Å². The van der Waals surface area contributed by atoms with Crippen molar-refractivity contribution in [2.24, 2.45) is 10.7 Å². The van der Waals surface area contributed by atoms with Gasteiger partial charge < -0.3 is 16.4 Å². The van der Waals surface area contributed by atoms with Crippen LogP contribution < -0.4 is 16.4 Å². The van der Waals surface area contributed by atoms with Crippen LogP contribution in [0.3, 0.4) is 0 Å². The Bertz CT molecular complexity index is 1320. The van der Waals surface area contributed by atoms with Crippen molar-refractivity contribution in [3.8, 4) is 11.1 Å². The Morgan fingerprint density at radius 2 is 1.79 bits per heavy atom. The molecule has 0 radical (unpaired) electrons. The van der Waals surface area contributed by atoms with E-state index in [1.165, 1.54) is 18.2 Å². The Kier molecular flexibility index (Phi) is 8.92.